The van der Waals surface area contributed by atoms with Gasteiger partial charge in [-0.2, -0.15) is 0 Å². The van der Waals surface area contributed by atoms with Crippen LogP contribution in [0.2, 0.25) is 0 Å². The molecule has 0 aromatic heterocycles. The van der Waals surface area contributed by atoms with Gasteiger partial charge in [-0.15, -0.1) is 13.2 Å². The van der Waals surface area contributed by atoms with Crippen LogP contribution in [0, 0.1) is 11.8 Å². The molecule has 1 N–H and O–H groups in total. The first-order valence-electron chi connectivity index (χ1n) is 13.0. The highest BCUT2D eigenvalue weighted by Gasteiger charge is 2.79. The third kappa shape index (κ3) is 4.67. The van der Waals surface area contributed by atoms with E-state index in [4.69, 9.17) is 9.47 Å². The Morgan fingerprint density at radius 3 is 2.60 bits per heavy atom. The summed E-state index contributed by atoms with van der Waals surface area (Å²) in [7, 11) is 0. The molecule has 8 heteroatoms. The molecule has 2 amide bonds. The number of nitrogens with zero attached hydrogens (tertiary/aromatic N) is 2. The first-order valence-corrected chi connectivity index (χ1v) is 13.0. The number of aliphatic hydroxyl groups is 1. The van der Waals surface area contributed by atoms with Gasteiger partial charge in [0.1, 0.15) is 17.6 Å². The van der Waals surface area contributed by atoms with E-state index in [-0.39, 0.29) is 31.1 Å². The van der Waals surface area contributed by atoms with Gasteiger partial charge in [0.2, 0.25) is 11.8 Å². The summed E-state index contributed by atoms with van der Waals surface area (Å²) in [5.74, 6) is -2.28. The van der Waals surface area contributed by atoms with Crippen molar-refractivity contribution >= 4 is 17.8 Å². The van der Waals surface area contributed by atoms with Crippen molar-refractivity contribution in [1.29, 1.82) is 0 Å². The van der Waals surface area contributed by atoms with Crippen molar-refractivity contribution in [2.75, 3.05) is 26.3 Å². The van der Waals surface area contributed by atoms with Crippen LogP contribution in [0.5, 0.6) is 0 Å². The van der Waals surface area contributed by atoms with Gasteiger partial charge in [0, 0.05) is 25.7 Å². The average Bonchev–Trinajstić information content (AvgIpc) is 3.43. The number of amides is 2. The molecular formula is C27H42N2O6. The lowest BCUT2D eigenvalue weighted by Gasteiger charge is -2.38. The van der Waals surface area contributed by atoms with Gasteiger partial charge in [-0.3, -0.25) is 14.4 Å². The molecule has 0 aromatic carbocycles. The van der Waals surface area contributed by atoms with E-state index in [1.165, 1.54) is 0 Å². The summed E-state index contributed by atoms with van der Waals surface area (Å²) in [6.45, 7) is 14.3. The lowest BCUT2D eigenvalue weighted by molar-refractivity contribution is -0.162. The van der Waals surface area contributed by atoms with Crippen molar-refractivity contribution in [3.05, 3.63) is 25.3 Å². The maximum absolute atomic E-state index is 14.0. The molecular weight excluding hydrogens is 448 g/mol. The van der Waals surface area contributed by atoms with Crippen molar-refractivity contribution in [2.24, 2.45) is 11.8 Å². The minimum atomic E-state index is -1.05. The molecule has 35 heavy (non-hydrogen) atoms. The van der Waals surface area contributed by atoms with Crippen molar-refractivity contribution in [3.63, 3.8) is 0 Å². The largest absolute Gasteiger partial charge is 0.465 e. The molecule has 3 fully saturated rings. The summed E-state index contributed by atoms with van der Waals surface area (Å²) >= 11 is 0. The molecule has 3 aliphatic heterocycles. The first-order chi connectivity index (χ1) is 16.7. The molecule has 196 valence electrons. The van der Waals surface area contributed by atoms with Gasteiger partial charge in [0.05, 0.1) is 18.1 Å². The van der Waals surface area contributed by atoms with Crippen LogP contribution >= 0.6 is 0 Å². The molecule has 3 saturated heterocycles. The number of esters is 1. The maximum atomic E-state index is 14.0. The number of allylic oxidation sites excluding steroid dienone is 1. The molecule has 3 aliphatic rings. The second-order valence-corrected chi connectivity index (χ2v) is 10.3. The number of fused-ring (bicyclic) bond motifs is 1. The van der Waals surface area contributed by atoms with Crippen molar-refractivity contribution in [1.82, 2.24) is 9.80 Å². The van der Waals surface area contributed by atoms with Crippen LogP contribution in [0.25, 0.3) is 0 Å². The maximum Gasteiger partial charge on any atom is 0.312 e. The van der Waals surface area contributed by atoms with Crippen LogP contribution in [-0.4, -0.2) is 82.3 Å². The van der Waals surface area contributed by atoms with E-state index in [0.29, 0.717) is 51.6 Å². The highest BCUT2D eigenvalue weighted by atomic mass is 16.6. The van der Waals surface area contributed by atoms with E-state index < -0.39 is 35.0 Å². The van der Waals surface area contributed by atoms with E-state index in [9.17, 15) is 19.5 Å². The van der Waals surface area contributed by atoms with Crippen molar-refractivity contribution in [3.8, 4) is 0 Å². The molecule has 8 nitrogen and oxygen atoms in total. The molecule has 2 unspecified atom stereocenters. The monoisotopic (exact) mass is 490 g/mol. The third-order valence-electron chi connectivity index (χ3n) is 8.00. The topological polar surface area (TPSA) is 96.4 Å². The van der Waals surface area contributed by atoms with E-state index in [1.54, 1.807) is 22.0 Å². The number of hydrogen-bond donors (Lipinski definition) is 1. The van der Waals surface area contributed by atoms with E-state index in [1.807, 2.05) is 20.8 Å². The predicted molar refractivity (Wildman–Crippen MR) is 132 cm³/mol. The predicted octanol–water partition coefficient (Wildman–Crippen LogP) is 2.85. The SMILES string of the molecule is C=CCCCOC(=O)[C@H]1[C@H]2C(=O)N(CCCCO)C(C(=O)N(CC=C)C(C)C)C23CC[C@]1(CC)O3. The van der Waals surface area contributed by atoms with Gasteiger partial charge >= 0.3 is 5.97 Å². The Kier molecular flexibility index (Phi) is 8.81. The van der Waals surface area contributed by atoms with Crippen LogP contribution in [0.3, 0.4) is 0 Å². The Hall–Kier alpha value is -2.19. The minimum Gasteiger partial charge on any atom is -0.465 e. The number of rotatable bonds is 14. The van der Waals surface area contributed by atoms with Crippen molar-refractivity contribution in [2.45, 2.75) is 89.0 Å². The molecule has 0 saturated carbocycles. The molecule has 3 rings (SSSR count). The van der Waals surface area contributed by atoms with Gasteiger partial charge in [-0.1, -0.05) is 19.1 Å². The normalized spacial score (nSPS) is 31.1. The molecule has 1 spiro atoms. The van der Waals surface area contributed by atoms with E-state index >= 15 is 0 Å². The molecule has 0 aromatic rings. The van der Waals surface area contributed by atoms with Crippen LogP contribution in [0.4, 0.5) is 0 Å². The van der Waals surface area contributed by atoms with Crippen LogP contribution in [0.1, 0.15) is 65.7 Å². The molecule has 0 aliphatic carbocycles. The smallest absolute Gasteiger partial charge is 0.312 e. The lowest BCUT2D eigenvalue weighted by atomic mass is 9.65. The zero-order valence-electron chi connectivity index (χ0n) is 21.5. The standard InChI is InChI=1S/C27H42N2O6/c1-6-9-12-18-34-25(33)21-20-23(31)29(16-10-11-17-30)22(24(32)28(15-7-2)19(4)5)27(20)14-13-26(21,8-3)35-27/h6-7,19-22,30H,1-2,8-18H2,3-5H3/t20-,21+,22?,26-,27?/m0/s1. The number of aliphatic hydroxyl groups excluding tert-OH is 1. The number of carbonyl (C=O) groups excluding carboxylic acids is 3. The summed E-state index contributed by atoms with van der Waals surface area (Å²) in [5.41, 5.74) is -1.85. The highest BCUT2D eigenvalue weighted by molar-refractivity contribution is 5.98. The lowest BCUT2D eigenvalue weighted by Crippen LogP contribution is -2.57. The van der Waals surface area contributed by atoms with Gasteiger partial charge < -0.3 is 24.4 Å². The quantitative estimate of drug-likeness (QED) is 0.229. The van der Waals surface area contributed by atoms with Crippen LogP contribution < -0.4 is 0 Å². The zero-order valence-corrected chi connectivity index (χ0v) is 21.5. The number of hydrogen-bond acceptors (Lipinski definition) is 6. The summed E-state index contributed by atoms with van der Waals surface area (Å²) in [6, 6.07) is -0.900. The number of likely N-dealkylation sites (tertiary alicyclic amines) is 1. The Balaban J connectivity index is 2.00. The Labute approximate surface area is 209 Å². The first kappa shape index (κ1) is 27.4. The number of ether oxygens (including phenoxy) is 2. The third-order valence-corrected chi connectivity index (χ3v) is 8.00. The Morgan fingerprint density at radius 1 is 1.26 bits per heavy atom. The second kappa shape index (κ2) is 11.2. The van der Waals surface area contributed by atoms with Gasteiger partial charge in [0.25, 0.3) is 0 Å². The fraction of sp³-hybridized carbons (Fsp3) is 0.741. The molecule has 5 atom stereocenters. The highest BCUT2D eigenvalue weighted by Crippen LogP contribution is 2.64. The van der Waals surface area contributed by atoms with Crippen LogP contribution in [-0.2, 0) is 23.9 Å². The number of carbonyl (C=O) groups is 3. The van der Waals surface area contributed by atoms with Crippen molar-refractivity contribution < 1.29 is 29.0 Å². The summed E-state index contributed by atoms with van der Waals surface area (Å²) in [4.78, 5) is 44.7. The van der Waals surface area contributed by atoms with Gasteiger partial charge in [0.15, 0.2) is 0 Å². The van der Waals surface area contributed by atoms with Crippen LogP contribution in [0.15, 0.2) is 25.3 Å². The van der Waals surface area contributed by atoms with E-state index in [2.05, 4.69) is 13.2 Å². The number of unbranched alkanes of at least 4 members (excludes halogenated alkanes) is 2. The van der Waals surface area contributed by atoms with Gasteiger partial charge in [-0.25, -0.2) is 0 Å². The summed E-state index contributed by atoms with van der Waals surface area (Å²) < 4.78 is 12.4. The van der Waals surface area contributed by atoms with Gasteiger partial charge in [-0.05, 0) is 58.8 Å². The summed E-state index contributed by atoms with van der Waals surface area (Å²) in [6.07, 6.45) is 7.68. The van der Waals surface area contributed by atoms with E-state index in [0.717, 1.165) is 6.42 Å². The molecule has 0 radical (unpaired) electrons. The Morgan fingerprint density at radius 2 is 2.00 bits per heavy atom. The second-order valence-electron chi connectivity index (χ2n) is 10.3. The Bertz CT molecular complexity index is 828. The average molecular weight is 491 g/mol. The fourth-order valence-corrected chi connectivity index (χ4v) is 6.33. The zero-order chi connectivity index (χ0) is 25.8. The summed E-state index contributed by atoms with van der Waals surface area (Å²) in [5, 5.41) is 9.30. The minimum absolute atomic E-state index is 0.0128. The molecule has 3 heterocycles. The molecule has 2 bridgehead atoms. The fourth-order valence-electron chi connectivity index (χ4n) is 6.33.